The molecule has 1 rings (SSSR count). The molecule has 0 amide bonds. The maximum Gasteiger partial charge on any atom is 0.0586 e. The minimum Gasteiger partial charge on any atom is -0.381 e. The van der Waals surface area contributed by atoms with Gasteiger partial charge in [-0.25, -0.2) is 0 Å². The van der Waals surface area contributed by atoms with E-state index in [4.69, 9.17) is 4.74 Å². The van der Waals surface area contributed by atoms with Crippen molar-refractivity contribution in [1.82, 2.24) is 5.32 Å². The summed E-state index contributed by atoms with van der Waals surface area (Å²) in [7, 11) is 1.83. The summed E-state index contributed by atoms with van der Waals surface area (Å²) in [6, 6.07) is 1.34. The van der Waals surface area contributed by atoms with Crippen LogP contribution in [0.5, 0.6) is 0 Å². The fourth-order valence-electron chi connectivity index (χ4n) is 2.03. The predicted molar refractivity (Wildman–Crippen MR) is 55.9 cm³/mol. The first-order valence-corrected chi connectivity index (χ1v) is 5.55. The molecule has 2 nitrogen and oxygen atoms in total. The first-order valence-electron chi connectivity index (χ1n) is 5.55. The number of nitrogens with one attached hydrogen (secondary N) is 1. The predicted octanol–water partition coefficient (Wildman–Crippen LogP) is 2.33. The van der Waals surface area contributed by atoms with Gasteiger partial charge in [0.15, 0.2) is 0 Å². The maximum absolute atomic E-state index is 5.40. The van der Waals surface area contributed by atoms with Crippen molar-refractivity contribution in [1.29, 1.82) is 0 Å². The van der Waals surface area contributed by atoms with Gasteiger partial charge in [0.05, 0.1) is 6.10 Å². The average molecular weight is 185 g/mol. The molecular formula is C11H23NO. The van der Waals surface area contributed by atoms with Crippen LogP contribution in [0.25, 0.3) is 0 Å². The Bertz CT molecular complexity index is 136. The van der Waals surface area contributed by atoms with Crippen molar-refractivity contribution < 1.29 is 4.74 Å². The highest BCUT2D eigenvalue weighted by molar-refractivity contribution is 4.79. The van der Waals surface area contributed by atoms with E-state index in [1.807, 2.05) is 7.11 Å². The molecule has 13 heavy (non-hydrogen) atoms. The SMILES string of the molecule is CCC(C)NC1CCCC(OC)C1. The molecule has 2 heteroatoms. The molecule has 0 aromatic heterocycles. The highest BCUT2D eigenvalue weighted by Crippen LogP contribution is 2.21. The minimum atomic E-state index is 0.496. The summed E-state index contributed by atoms with van der Waals surface area (Å²) >= 11 is 0. The van der Waals surface area contributed by atoms with Gasteiger partial charge in [-0.1, -0.05) is 6.92 Å². The topological polar surface area (TPSA) is 21.3 Å². The molecule has 3 unspecified atom stereocenters. The summed E-state index contributed by atoms with van der Waals surface area (Å²) in [6.07, 6.45) is 6.79. The zero-order valence-corrected chi connectivity index (χ0v) is 9.18. The lowest BCUT2D eigenvalue weighted by atomic mass is 9.92. The molecule has 1 saturated carbocycles. The van der Waals surface area contributed by atoms with E-state index < -0.39 is 0 Å². The van der Waals surface area contributed by atoms with Gasteiger partial charge in [-0.05, 0) is 39.0 Å². The Morgan fingerprint density at radius 3 is 2.85 bits per heavy atom. The number of rotatable bonds is 4. The van der Waals surface area contributed by atoms with Crippen LogP contribution in [0.1, 0.15) is 46.0 Å². The van der Waals surface area contributed by atoms with Crippen LogP contribution in [0.3, 0.4) is 0 Å². The van der Waals surface area contributed by atoms with E-state index in [1.165, 1.54) is 32.1 Å². The first-order chi connectivity index (χ1) is 6.26. The standard InChI is InChI=1S/C11H23NO/c1-4-9(2)12-10-6-5-7-11(8-10)13-3/h9-12H,4-8H2,1-3H3. The smallest absolute Gasteiger partial charge is 0.0586 e. The number of methoxy groups -OCH3 is 1. The van der Waals surface area contributed by atoms with Crippen LogP contribution in [-0.4, -0.2) is 25.3 Å². The molecule has 0 bridgehead atoms. The van der Waals surface area contributed by atoms with Crippen LogP contribution in [0.4, 0.5) is 0 Å². The van der Waals surface area contributed by atoms with Crippen LogP contribution in [0.15, 0.2) is 0 Å². The van der Waals surface area contributed by atoms with Gasteiger partial charge in [0.2, 0.25) is 0 Å². The van der Waals surface area contributed by atoms with Gasteiger partial charge in [-0.15, -0.1) is 0 Å². The zero-order valence-electron chi connectivity index (χ0n) is 9.18. The molecule has 1 aliphatic carbocycles. The summed E-state index contributed by atoms with van der Waals surface area (Å²) in [5.74, 6) is 0. The van der Waals surface area contributed by atoms with Crippen LogP contribution >= 0.6 is 0 Å². The molecule has 0 heterocycles. The Labute approximate surface area is 82.0 Å². The molecule has 1 aliphatic rings. The average Bonchev–Trinajstić information content (AvgIpc) is 2.18. The Hall–Kier alpha value is -0.0800. The fraction of sp³-hybridized carbons (Fsp3) is 1.00. The van der Waals surface area contributed by atoms with Crippen molar-refractivity contribution >= 4 is 0 Å². The van der Waals surface area contributed by atoms with Gasteiger partial charge < -0.3 is 10.1 Å². The number of ether oxygens (including phenoxy) is 1. The second-order valence-electron chi connectivity index (χ2n) is 4.20. The molecule has 0 aliphatic heterocycles. The summed E-state index contributed by atoms with van der Waals surface area (Å²) in [5.41, 5.74) is 0. The van der Waals surface area contributed by atoms with Crippen molar-refractivity contribution in [2.45, 2.75) is 64.1 Å². The molecule has 0 aromatic rings. The first kappa shape index (κ1) is 11.0. The number of hydrogen-bond acceptors (Lipinski definition) is 2. The third kappa shape index (κ3) is 3.65. The molecule has 3 atom stereocenters. The molecule has 0 radical (unpaired) electrons. The second-order valence-corrected chi connectivity index (χ2v) is 4.20. The van der Waals surface area contributed by atoms with Crippen LogP contribution < -0.4 is 5.32 Å². The van der Waals surface area contributed by atoms with E-state index in [9.17, 15) is 0 Å². The quantitative estimate of drug-likeness (QED) is 0.726. The molecule has 0 aromatic carbocycles. The number of hydrogen-bond donors (Lipinski definition) is 1. The van der Waals surface area contributed by atoms with Crippen molar-refractivity contribution in [3.05, 3.63) is 0 Å². The maximum atomic E-state index is 5.40. The van der Waals surface area contributed by atoms with E-state index in [0.717, 1.165) is 0 Å². The molecule has 0 saturated heterocycles. The summed E-state index contributed by atoms with van der Waals surface area (Å²) < 4.78 is 5.40. The molecule has 0 spiro atoms. The zero-order chi connectivity index (χ0) is 9.68. The summed E-state index contributed by atoms with van der Waals surface area (Å²) in [6.45, 7) is 4.49. The van der Waals surface area contributed by atoms with Gasteiger partial charge in [0, 0.05) is 19.2 Å². The third-order valence-corrected chi connectivity index (χ3v) is 3.09. The summed E-state index contributed by atoms with van der Waals surface area (Å²) in [5, 5.41) is 3.65. The van der Waals surface area contributed by atoms with Gasteiger partial charge in [-0.3, -0.25) is 0 Å². The fourth-order valence-corrected chi connectivity index (χ4v) is 2.03. The third-order valence-electron chi connectivity index (χ3n) is 3.09. The van der Waals surface area contributed by atoms with E-state index in [0.29, 0.717) is 18.2 Å². The lowest BCUT2D eigenvalue weighted by Crippen LogP contribution is -2.41. The molecule has 1 N–H and O–H groups in total. The minimum absolute atomic E-state index is 0.496. The lowest BCUT2D eigenvalue weighted by molar-refractivity contribution is 0.0572. The van der Waals surface area contributed by atoms with Crippen molar-refractivity contribution in [3.8, 4) is 0 Å². The summed E-state index contributed by atoms with van der Waals surface area (Å²) in [4.78, 5) is 0. The van der Waals surface area contributed by atoms with E-state index in [1.54, 1.807) is 0 Å². The molecule has 78 valence electrons. The normalized spacial score (nSPS) is 31.6. The van der Waals surface area contributed by atoms with Crippen LogP contribution in [0, 0.1) is 0 Å². The Morgan fingerprint density at radius 2 is 2.23 bits per heavy atom. The molecule has 1 fully saturated rings. The van der Waals surface area contributed by atoms with Gasteiger partial charge in [0.25, 0.3) is 0 Å². The van der Waals surface area contributed by atoms with Gasteiger partial charge in [0.1, 0.15) is 0 Å². The lowest BCUT2D eigenvalue weighted by Gasteiger charge is -2.30. The van der Waals surface area contributed by atoms with E-state index in [2.05, 4.69) is 19.2 Å². The van der Waals surface area contributed by atoms with Crippen molar-refractivity contribution in [3.63, 3.8) is 0 Å². The highest BCUT2D eigenvalue weighted by Gasteiger charge is 2.21. The Kier molecular flexibility index (Phi) is 4.74. The van der Waals surface area contributed by atoms with Crippen LogP contribution in [0.2, 0.25) is 0 Å². The van der Waals surface area contributed by atoms with Crippen molar-refractivity contribution in [2.24, 2.45) is 0 Å². The molecular weight excluding hydrogens is 162 g/mol. The van der Waals surface area contributed by atoms with E-state index in [-0.39, 0.29) is 0 Å². The van der Waals surface area contributed by atoms with Gasteiger partial charge in [-0.2, -0.15) is 0 Å². The van der Waals surface area contributed by atoms with Crippen molar-refractivity contribution in [2.75, 3.05) is 7.11 Å². The van der Waals surface area contributed by atoms with E-state index >= 15 is 0 Å². The Balaban J connectivity index is 2.25. The highest BCUT2D eigenvalue weighted by atomic mass is 16.5. The monoisotopic (exact) mass is 185 g/mol. The van der Waals surface area contributed by atoms with Crippen LogP contribution in [-0.2, 0) is 4.74 Å². The Morgan fingerprint density at radius 1 is 1.46 bits per heavy atom. The van der Waals surface area contributed by atoms with Gasteiger partial charge >= 0.3 is 0 Å². The largest absolute Gasteiger partial charge is 0.381 e. The second kappa shape index (κ2) is 5.61.